The lowest BCUT2D eigenvalue weighted by Gasteiger charge is -2.39. The second-order valence-electron chi connectivity index (χ2n) is 10.6. The summed E-state index contributed by atoms with van der Waals surface area (Å²) in [5, 5.41) is 2.37. The largest absolute Gasteiger partial charge is 0.371 e. The molecule has 1 aromatic heterocycles. The second kappa shape index (κ2) is 10.7. The third kappa shape index (κ3) is 5.07. The van der Waals surface area contributed by atoms with E-state index in [4.69, 9.17) is 5.73 Å². The molecule has 3 aliphatic rings. The fraction of sp³-hybridized carbons (Fsp3) is 0.654. The van der Waals surface area contributed by atoms with Gasteiger partial charge in [0.25, 0.3) is 0 Å². The zero-order valence-electron chi connectivity index (χ0n) is 21.3. The third-order valence-electron chi connectivity index (χ3n) is 8.23. The molecule has 3 saturated heterocycles. The number of nitrogens with one attached hydrogen (secondary N) is 1. The highest BCUT2D eigenvalue weighted by Crippen LogP contribution is 2.29. The highest BCUT2D eigenvalue weighted by atomic mass is 16.2. The van der Waals surface area contributed by atoms with Crippen LogP contribution in [0.4, 0.5) is 5.69 Å². The summed E-state index contributed by atoms with van der Waals surface area (Å²) in [5.41, 5.74) is 8.10. The number of hydrogen-bond acceptors (Lipinski definition) is 7. The molecule has 3 N–H and O–H groups in total. The van der Waals surface area contributed by atoms with Gasteiger partial charge < -0.3 is 20.4 Å². The smallest absolute Gasteiger partial charge is 0.329 e. The highest BCUT2D eigenvalue weighted by Gasteiger charge is 2.31. The molecule has 1 atom stereocenters. The summed E-state index contributed by atoms with van der Waals surface area (Å²) in [6.07, 6.45) is 4.02. The Morgan fingerprint density at radius 3 is 2.36 bits per heavy atom. The second-order valence-corrected chi connectivity index (χ2v) is 10.6. The number of hydrogen-bond donors (Lipinski definition) is 2. The first kappa shape index (κ1) is 25.0. The van der Waals surface area contributed by atoms with Crippen LogP contribution in [0.1, 0.15) is 38.1 Å². The lowest BCUT2D eigenvalue weighted by molar-refractivity contribution is -0.135. The van der Waals surface area contributed by atoms with Gasteiger partial charge in [-0.1, -0.05) is 0 Å². The van der Waals surface area contributed by atoms with Crippen molar-refractivity contribution >= 4 is 28.5 Å². The number of carbonyl (C=O) groups excluding carboxylic acids is 2. The molecular weight excluding hydrogens is 458 g/mol. The van der Waals surface area contributed by atoms with E-state index in [1.54, 1.807) is 16.2 Å². The van der Waals surface area contributed by atoms with Crippen LogP contribution in [-0.2, 0) is 16.6 Å². The molecule has 10 nitrogen and oxygen atoms in total. The Hall–Kier alpha value is -2.69. The van der Waals surface area contributed by atoms with Gasteiger partial charge in [0.05, 0.1) is 11.0 Å². The SMILES string of the molecule is Cn1c(=O)n(C2CCC(=O)NC2=O)c2ccc(N3CCC(CN4CCN(CCCN)CC4)CC3)cc21. The Balaban J connectivity index is 1.21. The van der Waals surface area contributed by atoms with E-state index in [1.165, 1.54) is 19.4 Å². The average molecular weight is 498 g/mol. The lowest BCUT2D eigenvalue weighted by Crippen LogP contribution is -2.49. The maximum Gasteiger partial charge on any atom is 0.329 e. The van der Waals surface area contributed by atoms with Crippen LogP contribution in [0.3, 0.4) is 0 Å². The van der Waals surface area contributed by atoms with Gasteiger partial charge in [0.2, 0.25) is 11.8 Å². The predicted molar refractivity (Wildman–Crippen MR) is 140 cm³/mol. The lowest BCUT2D eigenvalue weighted by atomic mass is 9.95. The molecule has 0 bridgehead atoms. The van der Waals surface area contributed by atoms with Gasteiger partial charge in [0.15, 0.2) is 0 Å². The van der Waals surface area contributed by atoms with Gasteiger partial charge in [-0.05, 0) is 62.9 Å². The first-order chi connectivity index (χ1) is 17.4. The van der Waals surface area contributed by atoms with Gasteiger partial charge >= 0.3 is 5.69 Å². The molecule has 3 fully saturated rings. The molecule has 1 aromatic carbocycles. The van der Waals surface area contributed by atoms with Gasteiger partial charge in [-0.2, -0.15) is 0 Å². The average Bonchev–Trinajstić information content (AvgIpc) is 3.13. The predicted octanol–water partition coefficient (Wildman–Crippen LogP) is 0.501. The molecular formula is C26H39N7O3. The van der Waals surface area contributed by atoms with Crippen molar-refractivity contribution < 1.29 is 9.59 Å². The summed E-state index contributed by atoms with van der Waals surface area (Å²) in [6.45, 7) is 9.69. The normalized spacial score (nSPS) is 22.9. The van der Waals surface area contributed by atoms with Crippen molar-refractivity contribution in [3.63, 3.8) is 0 Å². The molecule has 2 amide bonds. The van der Waals surface area contributed by atoms with E-state index in [2.05, 4.69) is 32.1 Å². The number of amides is 2. The van der Waals surface area contributed by atoms with E-state index in [-0.39, 0.29) is 18.0 Å². The maximum atomic E-state index is 13.0. The Morgan fingerprint density at radius 2 is 1.67 bits per heavy atom. The fourth-order valence-electron chi connectivity index (χ4n) is 6.03. The van der Waals surface area contributed by atoms with Crippen LogP contribution in [0.25, 0.3) is 11.0 Å². The number of aryl methyl sites for hydroxylation is 1. The van der Waals surface area contributed by atoms with Crippen LogP contribution in [0.2, 0.25) is 0 Å². The number of piperazine rings is 1. The van der Waals surface area contributed by atoms with Crippen LogP contribution in [0.15, 0.2) is 23.0 Å². The summed E-state index contributed by atoms with van der Waals surface area (Å²) in [6, 6.07) is 5.43. The minimum atomic E-state index is -0.650. The number of imide groups is 1. The van der Waals surface area contributed by atoms with Crippen molar-refractivity contribution in [2.75, 3.05) is 63.8 Å². The third-order valence-corrected chi connectivity index (χ3v) is 8.23. The number of benzene rings is 1. The van der Waals surface area contributed by atoms with Gasteiger partial charge in [0, 0.05) is 65.0 Å². The van der Waals surface area contributed by atoms with E-state index >= 15 is 0 Å². The monoisotopic (exact) mass is 497 g/mol. The number of aromatic nitrogens is 2. The number of nitrogens with two attached hydrogens (primary N) is 1. The minimum absolute atomic E-state index is 0.224. The summed E-state index contributed by atoms with van der Waals surface area (Å²) < 4.78 is 3.16. The number of carbonyl (C=O) groups is 2. The van der Waals surface area contributed by atoms with E-state index in [0.29, 0.717) is 6.42 Å². The van der Waals surface area contributed by atoms with E-state index in [0.717, 1.165) is 81.4 Å². The van der Waals surface area contributed by atoms with Crippen LogP contribution in [0.5, 0.6) is 0 Å². The number of anilines is 1. The van der Waals surface area contributed by atoms with Gasteiger partial charge in [0.1, 0.15) is 6.04 Å². The number of nitrogens with zero attached hydrogens (tertiary/aromatic N) is 5. The Kier molecular flexibility index (Phi) is 7.45. The molecule has 2 aromatic rings. The Morgan fingerprint density at radius 1 is 0.944 bits per heavy atom. The topological polar surface area (TPSA) is 109 Å². The van der Waals surface area contributed by atoms with Crippen LogP contribution >= 0.6 is 0 Å². The summed E-state index contributed by atoms with van der Waals surface area (Å²) in [7, 11) is 1.75. The van der Waals surface area contributed by atoms with Crippen molar-refractivity contribution in [2.45, 2.75) is 38.1 Å². The molecule has 196 valence electrons. The zero-order valence-corrected chi connectivity index (χ0v) is 21.3. The fourth-order valence-corrected chi connectivity index (χ4v) is 6.03. The van der Waals surface area contributed by atoms with Crippen LogP contribution in [0, 0.1) is 5.92 Å². The molecule has 0 saturated carbocycles. The zero-order chi connectivity index (χ0) is 25.2. The van der Waals surface area contributed by atoms with Gasteiger partial charge in [-0.15, -0.1) is 0 Å². The van der Waals surface area contributed by atoms with Gasteiger partial charge in [-0.25, -0.2) is 4.79 Å². The first-order valence-corrected chi connectivity index (χ1v) is 13.4. The molecule has 0 spiro atoms. The van der Waals surface area contributed by atoms with E-state index in [1.807, 2.05) is 6.07 Å². The summed E-state index contributed by atoms with van der Waals surface area (Å²) >= 11 is 0. The van der Waals surface area contributed by atoms with Crippen molar-refractivity contribution in [3.8, 4) is 0 Å². The van der Waals surface area contributed by atoms with Crippen molar-refractivity contribution in [2.24, 2.45) is 18.7 Å². The molecule has 0 aliphatic carbocycles. The molecule has 5 rings (SSSR count). The van der Waals surface area contributed by atoms with Crippen LogP contribution in [-0.4, -0.2) is 89.7 Å². The Labute approximate surface area is 212 Å². The van der Waals surface area contributed by atoms with Crippen LogP contribution < -0.4 is 21.6 Å². The minimum Gasteiger partial charge on any atom is -0.371 e. The van der Waals surface area contributed by atoms with Crippen molar-refractivity contribution in [3.05, 3.63) is 28.7 Å². The quantitative estimate of drug-likeness (QED) is 0.536. The van der Waals surface area contributed by atoms with Gasteiger partial charge in [-0.3, -0.25) is 24.0 Å². The van der Waals surface area contributed by atoms with E-state index < -0.39 is 11.9 Å². The standard InChI is InChI=1S/C26H39N7O3/c1-29-23-17-20(3-4-21(23)33(26(29)36)22-5-6-24(34)28-25(22)35)32-11-7-19(8-12-32)18-31-15-13-30(14-16-31)10-2-9-27/h3-4,17,19,22H,2,5-16,18,27H2,1H3,(H,28,34,35). The number of fused-ring (bicyclic) bond motifs is 1. The number of piperidine rings is 2. The van der Waals surface area contributed by atoms with E-state index in [9.17, 15) is 14.4 Å². The summed E-state index contributed by atoms with van der Waals surface area (Å²) in [4.78, 5) is 44.6. The molecule has 3 aliphatic heterocycles. The Bertz CT molecular complexity index is 1160. The molecule has 36 heavy (non-hydrogen) atoms. The van der Waals surface area contributed by atoms with Crippen molar-refractivity contribution in [1.82, 2.24) is 24.3 Å². The number of rotatable bonds is 7. The molecule has 4 heterocycles. The molecule has 1 unspecified atom stereocenters. The maximum absolute atomic E-state index is 13.0. The first-order valence-electron chi connectivity index (χ1n) is 13.4. The summed E-state index contributed by atoms with van der Waals surface area (Å²) in [5.74, 6) is 0.0440. The molecule has 10 heteroatoms. The number of imidazole rings is 1. The van der Waals surface area contributed by atoms with Crippen molar-refractivity contribution in [1.29, 1.82) is 0 Å². The molecule has 0 radical (unpaired) electrons. The highest BCUT2D eigenvalue weighted by molar-refractivity contribution is 6.00.